The third-order valence-corrected chi connectivity index (χ3v) is 6.14. The molecule has 6 nitrogen and oxygen atoms in total. The number of aromatic nitrogens is 2. The number of carbonyl (C=O) groups excluding carboxylic acids is 1. The summed E-state index contributed by atoms with van der Waals surface area (Å²) in [5, 5.41) is 7.89. The summed E-state index contributed by atoms with van der Waals surface area (Å²) in [4.78, 5) is 23.9. The van der Waals surface area contributed by atoms with Crippen molar-refractivity contribution in [2.45, 2.75) is 63.5 Å². The van der Waals surface area contributed by atoms with Crippen LogP contribution in [0.15, 0.2) is 24.3 Å². The van der Waals surface area contributed by atoms with Crippen molar-refractivity contribution in [3.05, 3.63) is 24.3 Å². The molecule has 0 bridgehead atoms. The second-order valence-electron chi connectivity index (χ2n) is 8.47. The van der Waals surface area contributed by atoms with Crippen LogP contribution in [0.25, 0.3) is 10.9 Å². The Hall–Kier alpha value is -2.37. The Morgan fingerprint density at radius 3 is 2.36 bits per heavy atom. The number of benzene rings is 1. The van der Waals surface area contributed by atoms with Gasteiger partial charge in [0.25, 0.3) is 0 Å². The smallest absolute Gasteiger partial charge is 0.225 e. The summed E-state index contributed by atoms with van der Waals surface area (Å²) in [5.41, 5.74) is 0.959. The van der Waals surface area contributed by atoms with E-state index in [2.05, 4.69) is 16.7 Å². The Labute approximate surface area is 167 Å². The molecule has 1 aromatic carbocycles. The molecule has 0 spiro atoms. The number of rotatable bonds is 5. The highest BCUT2D eigenvalue weighted by atomic mass is 16.1. The summed E-state index contributed by atoms with van der Waals surface area (Å²) in [6, 6.07) is 8.80. The number of hydrogen-bond acceptors (Lipinski definition) is 5. The van der Waals surface area contributed by atoms with E-state index in [1.807, 2.05) is 37.2 Å². The van der Waals surface area contributed by atoms with Crippen molar-refractivity contribution in [2.75, 3.05) is 24.3 Å². The molecule has 0 saturated heterocycles. The van der Waals surface area contributed by atoms with Crippen LogP contribution in [0.4, 0.5) is 11.8 Å². The largest absolute Gasteiger partial charge is 0.362 e. The van der Waals surface area contributed by atoms with Gasteiger partial charge in [0.05, 0.1) is 5.52 Å². The van der Waals surface area contributed by atoms with E-state index in [9.17, 15) is 4.79 Å². The van der Waals surface area contributed by atoms with E-state index in [-0.39, 0.29) is 11.8 Å². The summed E-state index contributed by atoms with van der Waals surface area (Å²) in [6.45, 7) is 0. The summed E-state index contributed by atoms with van der Waals surface area (Å²) < 4.78 is 0. The van der Waals surface area contributed by atoms with Crippen LogP contribution in [-0.4, -0.2) is 42.1 Å². The minimum Gasteiger partial charge on any atom is -0.362 e. The first-order chi connectivity index (χ1) is 13.6. The van der Waals surface area contributed by atoms with Crippen LogP contribution >= 0.6 is 0 Å². The van der Waals surface area contributed by atoms with E-state index in [1.54, 1.807) is 0 Å². The fraction of sp³-hybridized carbons (Fsp3) is 0.591. The average Bonchev–Trinajstić information content (AvgIpc) is 3.24. The molecule has 0 radical (unpaired) electrons. The molecule has 0 atom stereocenters. The molecule has 0 aliphatic heterocycles. The zero-order valence-corrected chi connectivity index (χ0v) is 16.9. The molecule has 2 saturated carbocycles. The van der Waals surface area contributed by atoms with Crippen molar-refractivity contribution in [3.8, 4) is 0 Å². The van der Waals surface area contributed by atoms with Crippen molar-refractivity contribution in [2.24, 2.45) is 5.92 Å². The summed E-state index contributed by atoms with van der Waals surface area (Å²) >= 11 is 0. The van der Waals surface area contributed by atoms with Gasteiger partial charge in [-0.2, -0.15) is 4.98 Å². The lowest BCUT2D eigenvalue weighted by Gasteiger charge is -2.30. The maximum absolute atomic E-state index is 12.4. The van der Waals surface area contributed by atoms with Crippen molar-refractivity contribution >= 4 is 28.6 Å². The fourth-order valence-corrected chi connectivity index (χ4v) is 4.54. The molecule has 2 aliphatic carbocycles. The minimum atomic E-state index is 0.256. The third kappa shape index (κ3) is 4.21. The molecule has 150 valence electrons. The molecule has 6 heteroatoms. The van der Waals surface area contributed by atoms with Crippen molar-refractivity contribution < 1.29 is 4.79 Å². The van der Waals surface area contributed by atoms with Crippen LogP contribution in [0.1, 0.15) is 51.4 Å². The Bertz CT molecular complexity index is 823. The second kappa shape index (κ2) is 8.33. The highest BCUT2D eigenvalue weighted by Gasteiger charge is 2.27. The van der Waals surface area contributed by atoms with E-state index in [0.717, 1.165) is 55.2 Å². The number of nitrogens with zero attached hydrogens (tertiary/aromatic N) is 3. The second-order valence-corrected chi connectivity index (χ2v) is 8.47. The van der Waals surface area contributed by atoms with Gasteiger partial charge in [-0.25, -0.2) is 4.98 Å². The van der Waals surface area contributed by atoms with E-state index in [0.29, 0.717) is 18.0 Å². The van der Waals surface area contributed by atoms with Crippen LogP contribution in [0.2, 0.25) is 0 Å². The van der Waals surface area contributed by atoms with Gasteiger partial charge in [0, 0.05) is 37.5 Å². The molecule has 2 aliphatic rings. The lowest BCUT2D eigenvalue weighted by Crippen LogP contribution is -2.42. The number of hydrogen-bond donors (Lipinski definition) is 2. The molecule has 0 unspecified atom stereocenters. The van der Waals surface area contributed by atoms with Crippen molar-refractivity contribution in [3.63, 3.8) is 0 Å². The van der Waals surface area contributed by atoms with Gasteiger partial charge in [0.2, 0.25) is 11.9 Å². The third-order valence-electron chi connectivity index (χ3n) is 6.14. The van der Waals surface area contributed by atoms with Crippen LogP contribution in [0.3, 0.4) is 0 Å². The first-order valence-electron chi connectivity index (χ1n) is 10.6. The number of carbonyl (C=O) groups is 1. The standard InChI is InChI=1S/C22H31N5O/c1-27(2)20-18-9-5-6-10-19(18)25-22(26-20)24-17-13-11-16(12-14-17)23-21(28)15-7-3-4-8-15/h5-6,9-10,15-17H,3-4,7-8,11-14H2,1-2H3,(H,23,28)(H,24,25,26)/t16-,17+. The number of para-hydroxylation sites is 1. The van der Waals surface area contributed by atoms with E-state index in [4.69, 9.17) is 9.97 Å². The highest BCUT2D eigenvalue weighted by Crippen LogP contribution is 2.28. The number of anilines is 2. The fourth-order valence-electron chi connectivity index (χ4n) is 4.54. The van der Waals surface area contributed by atoms with Gasteiger partial charge in [-0.3, -0.25) is 4.79 Å². The van der Waals surface area contributed by atoms with Crippen molar-refractivity contribution in [1.82, 2.24) is 15.3 Å². The van der Waals surface area contributed by atoms with Crippen LogP contribution in [-0.2, 0) is 4.79 Å². The molecule has 2 fully saturated rings. The van der Waals surface area contributed by atoms with E-state index in [1.165, 1.54) is 12.8 Å². The van der Waals surface area contributed by atoms with Gasteiger partial charge >= 0.3 is 0 Å². The van der Waals surface area contributed by atoms with Gasteiger partial charge in [-0.05, 0) is 50.7 Å². The maximum Gasteiger partial charge on any atom is 0.225 e. The molecule has 2 aromatic rings. The summed E-state index contributed by atoms with van der Waals surface area (Å²) in [5.74, 6) is 2.17. The number of amides is 1. The average molecular weight is 382 g/mol. The minimum absolute atomic E-state index is 0.256. The summed E-state index contributed by atoms with van der Waals surface area (Å²) in [6.07, 6.45) is 8.64. The Balaban J connectivity index is 1.36. The van der Waals surface area contributed by atoms with E-state index >= 15 is 0 Å². The predicted molar refractivity (Wildman–Crippen MR) is 114 cm³/mol. The topological polar surface area (TPSA) is 70.2 Å². The molecule has 4 rings (SSSR count). The Morgan fingerprint density at radius 1 is 0.964 bits per heavy atom. The maximum atomic E-state index is 12.4. The zero-order valence-electron chi connectivity index (χ0n) is 16.9. The number of fused-ring (bicyclic) bond motifs is 1. The zero-order chi connectivity index (χ0) is 19.5. The quantitative estimate of drug-likeness (QED) is 0.826. The van der Waals surface area contributed by atoms with Crippen LogP contribution < -0.4 is 15.5 Å². The summed E-state index contributed by atoms with van der Waals surface area (Å²) in [7, 11) is 4.02. The van der Waals surface area contributed by atoms with Gasteiger partial charge in [0.1, 0.15) is 5.82 Å². The lowest BCUT2D eigenvalue weighted by molar-refractivity contribution is -0.125. The van der Waals surface area contributed by atoms with Crippen LogP contribution in [0, 0.1) is 5.92 Å². The monoisotopic (exact) mass is 381 g/mol. The molecule has 1 heterocycles. The van der Waals surface area contributed by atoms with Gasteiger partial charge in [-0.1, -0.05) is 25.0 Å². The molecule has 1 amide bonds. The SMILES string of the molecule is CN(C)c1nc(N[C@H]2CC[C@@H](NC(=O)C3CCCC3)CC2)nc2ccccc12. The first-order valence-corrected chi connectivity index (χ1v) is 10.6. The van der Waals surface area contributed by atoms with Crippen molar-refractivity contribution in [1.29, 1.82) is 0 Å². The Morgan fingerprint density at radius 2 is 1.64 bits per heavy atom. The molecular weight excluding hydrogens is 350 g/mol. The highest BCUT2D eigenvalue weighted by molar-refractivity contribution is 5.90. The Kier molecular flexibility index (Phi) is 5.64. The molecular formula is C22H31N5O. The van der Waals surface area contributed by atoms with Gasteiger partial charge in [-0.15, -0.1) is 0 Å². The normalized spacial score (nSPS) is 22.9. The molecule has 1 aromatic heterocycles. The van der Waals surface area contributed by atoms with Gasteiger partial charge < -0.3 is 15.5 Å². The van der Waals surface area contributed by atoms with Crippen LogP contribution in [0.5, 0.6) is 0 Å². The molecule has 28 heavy (non-hydrogen) atoms. The lowest BCUT2D eigenvalue weighted by atomic mass is 9.90. The van der Waals surface area contributed by atoms with E-state index < -0.39 is 0 Å². The number of nitrogens with one attached hydrogen (secondary N) is 2. The molecule has 2 N–H and O–H groups in total. The predicted octanol–water partition coefficient (Wildman–Crippen LogP) is 3.73. The first kappa shape index (κ1) is 19.0. The van der Waals surface area contributed by atoms with Gasteiger partial charge in [0.15, 0.2) is 0 Å².